The number of thiophene rings is 1. The number of carbonyl (C=O) groups is 1. The van der Waals surface area contributed by atoms with E-state index >= 15 is 0 Å². The Labute approximate surface area is 206 Å². The van der Waals surface area contributed by atoms with Gasteiger partial charge in [-0.05, 0) is 49.4 Å². The van der Waals surface area contributed by atoms with E-state index in [1.54, 1.807) is 48.5 Å². The van der Waals surface area contributed by atoms with Crippen LogP contribution >= 0.6 is 22.9 Å². The van der Waals surface area contributed by atoms with Crippen LogP contribution in [0, 0.1) is 6.92 Å². The van der Waals surface area contributed by atoms with Crippen molar-refractivity contribution >= 4 is 54.9 Å². The molecule has 0 aliphatic heterocycles. The van der Waals surface area contributed by atoms with Gasteiger partial charge in [-0.2, -0.15) is 0 Å². The van der Waals surface area contributed by atoms with Crippen LogP contribution in [0.1, 0.15) is 20.8 Å². The zero-order valence-electron chi connectivity index (χ0n) is 18.3. The Balaban J connectivity index is 1.87. The van der Waals surface area contributed by atoms with Gasteiger partial charge in [0, 0.05) is 16.3 Å². The summed E-state index contributed by atoms with van der Waals surface area (Å²) in [7, 11) is -2.58. The van der Waals surface area contributed by atoms with Crippen LogP contribution in [0.2, 0.25) is 5.02 Å². The van der Waals surface area contributed by atoms with Gasteiger partial charge in [-0.15, -0.1) is 11.3 Å². The van der Waals surface area contributed by atoms with Gasteiger partial charge < -0.3 is 15.8 Å². The second-order valence-corrected chi connectivity index (χ2v) is 10.9. The number of hydrogen-bond acceptors (Lipinski definition) is 7. The highest BCUT2D eigenvalue weighted by Crippen LogP contribution is 2.44. The van der Waals surface area contributed by atoms with Crippen LogP contribution < -0.4 is 15.8 Å². The van der Waals surface area contributed by atoms with E-state index in [1.165, 1.54) is 19.2 Å². The minimum absolute atomic E-state index is 0.0290. The van der Waals surface area contributed by atoms with Gasteiger partial charge in [0.2, 0.25) is 15.6 Å². The van der Waals surface area contributed by atoms with Crippen LogP contribution in [0.4, 0.5) is 16.4 Å². The second kappa shape index (κ2) is 9.50. The van der Waals surface area contributed by atoms with Crippen molar-refractivity contribution in [3.05, 3.63) is 93.8 Å². The van der Waals surface area contributed by atoms with Crippen LogP contribution in [0.3, 0.4) is 0 Å². The third-order valence-electron chi connectivity index (χ3n) is 5.14. The third-order valence-corrected chi connectivity index (χ3v) is 8.48. The number of halogens is 1. The van der Waals surface area contributed by atoms with E-state index < -0.39 is 9.84 Å². The maximum Gasteiger partial charge on any atom is 0.211 e. The fourth-order valence-corrected chi connectivity index (χ4v) is 6.48. The van der Waals surface area contributed by atoms with E-state index in [0.717, 1.165) is 16.9 Å². The van der Waals surface area contributed by atoms with Gasteiger partial charge in [-0.1, -0.05) is 47.5 Å². The number of nitrogen functional groups attached to an aromatic ring is 1. The summed E-state index contributed by atoms with van der Waals surface area (Å²) in [5, 5.41) is 3.79. The fraction of sp³-hybridized carbons (Fsp3) is 0.0800. The van der Waals surface area contributed by atoms with Crippen LogP contribution in [0.25, 0.3) is 0 Å². The summed E-state index contributed by atoms with van der Waals surface area (Å²) < 4.78 is 32.4. The lowest BCUT2D eigenvalue weighted by Gasteiger charge is -2.10. The van der Waals surface area contributed by atoms with Crippen molar-refractivity contribution in [2.24, 2.45) is 0 Å². The molecular formula is C25H21ClN2O4S2. The standard InChI is InChI=1S/C25H21ClN2O4S2/c1-15-6-8-16(9-7-15)22(29)23-21(27)24(25(33-23)28-18-5-3-4-17(26)14-18)34(30,31)20-12-10-19(32-2)11-13-20/h3-14,28H,27H2,1-2H3. The Hall–Kier alpha value is -3.33. The summed E-state index contributed by atoms with van der Waals surface area (Å²) in [5.74, 6) is 0.164. The summed E-state index contributed by atoms with van der Waals surface area (Å²) in [5.41, 5.74) is 8.24. The van der Waals surface area contributed by atoms with Gasteiger partial charge >= 0.3 is 0 Å². The Kier molecular flexibility index (Phi) is 6.65. The number of nitrogens with one attached hydrogen (secondary N) is 1. The molecule has 0 fully saturated rings. The van der Waals surface area contributed by atoms with Gasteiger partial charge in [-0.3, -0.25) is 4.79 Å². The minimum atomic E-state index is -4.07. The number of aryl methyl sites for hydroxylation is 1. The average molecular weight is 513 g/mol. The van der Waals surface area contributed by atoms with Gasteiger partial charge in [0.1, 0.15) is 20.5 Å². The molecule has 3 N–H and O–H groups in total. The van der Waals surface area contributed by atoms with Crippen molar-refractivity contribution in [1.29, 1.82) is 0 Å². The van der Waals surface area contributed by atoms with Gasteiger partial charge in [0.15, 0.2) is 0 Å². The molecule has 9 heteroatoms. The summed E-state index contributed by atoms with van der Waals surface area (Å²) in [6, 6.07) is 19.8. The first-order valence-electron chi connectivity index (χ1n) is 10.2. The van der Waals surface area contributed by atoms with Crippen molar-refractivity contribution in [3.8, 4) is 5.75 Å². The van der Waals surface area contributed by atoms with E-state index in [1.807, 2.05) is 19.1 Å². The Morgan fingerprint density at radius 1 is 1.03 bits per heavy atom. The predicted octanol–water partition coefficient (Wildman–Crippen LogP) is 6.11. The molecule has 1 aromatic heterocycles. The molecule has 0 aliphatic carbocycles. The molecule has 3 aromatic carbocycles. The van der Waals surface area contributed by atoms with Crippen molar-refractivity contribution in [3.63, 3.8) is 0 Å². The van der Waals surface area contributed by atoms with E-state index in [9.17, 15) is 13.2 Å². The van der Waals surface area contributed by atoms with Gasteiger partial charge in [-0.25, -0.2) is 8.42 Å². The Bertz CT molecular complexity index is 1460. The summed E-state index contributed by atoms with van der Waals surface area (Å²) in [6.45, 7) is 1.92. The van der Waals surface area contributed by atoms with E-state index in [-0.39, 0.29) is 31.1 Å². The quantitative estimate of drug-likeness (QED) is 0.290. The molecule has 6 nitrogen and oxygen atoms in total. The lowest BCUT2D eigenvalue weighted by atomic mass is 10.1. The number of ether oxygens (including phenoxy) is 1. The SMILES string of the molecule is COc1ccc(S(=O)(=O)c2c(Nc3cccc(Cl)c3)sc(C(=O)c3ccc(C)cc3)c2N)cc1. The normalized spacial score (nSPS) is 11.3. The van der Waals surface area contributed by atoms with Crippen molar-refractivity contribution in [2.75, 3.05) is 18.2 Å². The monoisotopic (exact) mass is 512 g/mol. The summed E-state index contributed by atoms with van der Waals surface area (Å²) in [6.07, 6.45) is 0. The highest BCUT2D eigenvalue weighted by atomic mass is 35.5. The smallest absolute Gasteiger partial charge is 0.211 e. The van der Waals surface area contributed by atoms with Crippen molar-refractivity contribution < 1.29 is 17.9 Å². The zero-order chi connectivity index (χ0) is 24.5. The number of benzene rings is 3. The molecule has 0 atom stereocenters. The number of carbonyl (C=O) groups excluding carboxylic acids is 1. The number of methoxy groups -OCH3 is 1. The van der Waals surface area contributed by atoms with Crippen LogP contribution in [0.15, 0.2) is 82.6 Å². The molecule has 0 saturated heterocycles. The van der Waals surface area contributed by atoms with Crippen molar-refractivity contribution in [1.82, 2.24) is 0 Å². The summed E-state index contributed by atoms with van der Waals surface area (Å²) >= 11 is 7.09. The predicted molar refractivity (Wildman–Crippen MR) is 137 cm³/mol. The number of rotatable bonds is 7. The largest absolute Gasteiger partial charge is 0.497 e. The van der Waals surface area contributed by atoms with Crippen LogP contribution in [0.5, 0.6) is 5.75 Å². The number of hydrogen-bond donors (Lipinski definition) is 2. The number of nitrogens with two attached hydrogens (primary N) is 1. The molecule has 34 heavy (non-hydrogen) atoms. The molecule has 0 saturated carbocycles. The molecule has 4 rings (SSSR count). The highest BCUT2D eigenvalue weighted by molar-refractivity contribution is 7.92. The first-order valence-corrected chi connectivity index (χ1v) is 12.8. The molecule has 0 bridgehead atoms. The fourth-order valence-electron chi connectivity index (χ4n) is 3.35. The molecule has 0 aliphatic rings. The van der Waals surface area contributed by atoms with Crippen LogP contribution in [-0.4, -0.2) is 21.3 Å². The lowest BCUT2D eigenvalue weighted by Crippen LogP contribution is -2.08. The molecule has 0 amide bonds. The number of sulfone groups is 1. The maximum absolute atomic E-state index is 13.7. The lowest BCUT2D eigenvalue weighted by molar-refractivity contribution is 0.104. The van der Waals surface area contributed by atoms with E-state index in [4.69, 9.17) is 22.1 Å². The van der Waals surface area contributed by atoms with Crippen LogP contribution in [-0.2, 0) is 9.84 Å². The van der Waals surface area contributed by atoms with Gasteiger partial charge in [0.05, 0.1) is 17.7 Å². The third kappa shape index (κ3) is 4.65. The highest BCUT2D eigenvalue weighted by Gasteiger charge is 2.31. The molecule has 174 valence electrons. The molecular weight excluding hydrogens is 492 g/mol. The Morgan fingerprint density at radius 3 is 2.32 bits per heavy atom. The molecule has 1 heterocycles. The molecule has 0 radical (unpaired) electrons. The number of anilines is 3. The Morgan fingerprint density at radius 2 is 1.71 bits per heavy atom. The second-order valence-electron chi connectivity index (χ2n) is 7.51. The van der Waals surface area contributed by atoms with Crippen molar-refractivity contribution in [2.45, 2.75) is 16.7 Å². The van der Waals surface area contributed by atoms with E-state index in [0.29, 0.717) is 22.0 Å². The first kappa shape index (κ1) is 23.8. The maximum atomic E-state index is 13.7. The summed E-state index contributed by atoms with van der Waals surface area (Å²) in [4.78, 5) is 13.3. The average Bonchev–Trinajstić information content (AvgIpc) is 3.15. The molecule has 4 aromatic rings. The van der Waals surface area contributed by atoms with E-state index in [2.05, 4.69) is 5.32 Å². The first-order chi connectivity index (χ1) is 16.2. The molecule has 0 spiro atoms. The number of ketones is 1. The topological polar surface area (TPSA) is 98.5 Å². The zero-order valence-corrected chi connectivity index (χ0v) is 20.7. The molecule has 0 unspecified atom stereocenters. The van der Waals surface area contributed by atoms with Gasteiger partial charge in [0.25, 0.3) is 0 Å². The minimum Gasteiger partial charge on any atom is -0.497 e.